The Morgan fingerprint density at radius 3 is 1.19 bits per heavy atom. The van der Waals surface area contributed by atoms with Crippen molar-refractivity contribution < 1.29 is 0 Å². The van der Waals surface area contributed by atoms with E-state index in [1.807, 2.05) is 0 Å². The van der Waals surface area contributed by atoms with Gasteiger partial charge in [0, 0.05) is 16.9 Å². The van der Waals surface area contributed by atoms with Gasteiger partial charge in [0.15, 0.2) is 0 Å². The largest absolute Gasteiger partial charge is 0.310 e. The first-order chi connectivity index (χ1) is 33.8. The fourth-order valence-corrected chi connectivity index (χ4v) is 11.4. The maximum Gasteiger partial charge on any atom is 0.0726 e. The van der Waals surface area contributed by atoms with Crippen LogP contribution >= 0.6 is 0 Å². The molecule has 0 unspecified atom stereocenters. The third-order valence-corrected chi connectivity index (χ3v) is 14.3. The summed E-state index contributed by atoms with van der Waals surface area (Å²) in [6.07, 6.45) is 0. The zero-order valence-electron chi connectivity index (χ0n) is 37.4. The summed E-state index contributed by atoms with van der Waals surface area (Å²) in [5.41, 5.74) is 25.1. The van der Waals surface area contributed by atoms with E-state index in [-0.39, 0.29) is 0 Å². The van der Waals surface area contributed by atoms with Gasteiger partial charge < -0.3 is 4.90 Å². The molecule has 0 fully saturated rings. The number of fused-ring (bicyclic) bond motifs is 10. The maximum absolute atomic E-state index is 2.51. The summed E-state index contributed by atoms with van der Waals surface area (Å²) in [4.78, 5) is 2.51. The van der Waals surface area contributed by atoms with Gasteiger partial charge in [-0.1, -0.05) is 237 Å². The molecule has 0 bridgehead atoms. The normalized spacial score (nSPS) is 12.5. The molecule has 2 aliphatic carbocycles. The first-order valence-electron chi connectivity index (χ1n) is 23.6. The van der Waals surface area contributed by atoms with E-state index >= 15 is 0 Å². The van der Waals surface area contributed by atoms with Crippen LogP contribution < -0.4 is 4.90 Å². The molecule has 0 aliphatic heterocycles. The Kier molecular flexibility index (Phi) is 9.47. The number of hydrogen-bond donors (Lipinski definition) is 0. The van der Waals surface area contributed by atoms with Gasteiger partial charge in [-0.2, -0.15) is 0 Å². The molecule has 0 N–H and O–H groups in total. The van der Waals surface area contributed by atoms with E-state index in [4.69, 9.17) is 0 Å². The summed E-state index contributed by atoms with van der Waals surface area (Å²) < 4.78 is 0. The minimum Gasteiger partial charge on any atom is -0.310 e. The van der Waals surface area contributed by atoms with Crippen molar-refractivity contribution in [2.24, 2.45) is 0 Å². The molecular formula is C67H45N. The van der Waals surface area contributed by atoms with Crippen molar-refractivity contribution in [3.05, 3.63) is 295 Å². The second-order valence-corrected chi connectivity index (χ2v) is 17.9. The summed E-state index contributed by atoms with van der Waals surface area (Å²) in [5.74, 6) is 0. The van der Waals surface area contributed by atoms with Crippen molar-refractivity contribution in [2.75, 3.05) is 4.90 Å². The molecule has 0 amide bonds. The van der Waals surface area contributed by atoms with Crippen LogP contribution in [0.5, 0.6) is 0 Å². The molecule has 0 saturated carbocycles. The lowest BCUT2D eigenvalue weighted by Crippen LogP contribution is -2.26. The summed E-state index contributed by atoms with van der Waals surface area (Å²) in [6.45, 7) is 0. The van der Waals surface area contributed by atoms with Gasteiger partial charge in [0.1, 0.15) is 0 Å². The third-order valence-electron chi connectivity index (χ3n) is 14.3. The minimum absolute atomic E-state index is 0.483. The Morgan fingerprint density at radius 1 is 0.221 bits per heavy atom. The van der Waals surface area contributed by atoms with Gasteiger partial charge in [-0.3, -0.25) is 0 Å². The van der Waals surface area contributed by atoms with E-state index in [0.29, 0.717) is 0 Å². The van der Waals surface area contributed by atoms with Crippen molar-refractivity contribution in [3.8, 4) is 77.9 Å². The third kappa shape index (κ3) is 6.24. The van der Waals surface area contributed by atoms with E-state index < -0.39 is 5.41 Å². The summed E-state index contributed by atoms with van der Waals surface area (Å²) in [6, 6.07) is 101. The standard InChI is InChI=1S/C67H45N/c1-4-20-46(21-5-1)50-26-18-27-51(44-50)47-38-40-52(41-39-47)68(65-37-19-33-55(49-24-8-3-9-25-49)66(65)60-32-11-10-28-54(60)48-22-6-2-7-23-48)53-42-43-59-58-31-14-17-36-63(58)67(64(59)45-53)61-34-15-12-29-56(61)57-30-13-16-35-62(57)67/h1-45H. The molecule has 1 heteroatoms. The van der Waals surface area contributed by atoms with Gasteiger partial charge in [-0.25, -0.2) is 0 Å². The minimum atomic E-state index is -0.483. The highest BCUT2D eigenvalue weighted by Crippen LogP contribution is 2.63. The Morgan fingerprint density at radius 2 is 0.618 bits per heavy atom. The molecular weight excluding hydrogens is 819 g/mol. The van der Waals surface area contributed by atoms with Gasteiger partial charge in [0.25, 0.3) is 0 Å². The lowest BCUT2D eigenvalue weighted by atomic mass is 9.70. The van der Waals surface area contributed by atoms with Gasteiger partial charge >= 0.3 is 0 Å². The van der Waals surface area contributed by atoms with Gasteiger partial charge in [-0.15, -0.1) is 0 Å². The smallest absolute Gasteiger partial charge is 0.0726 e. The van der Waals surface area contributed by atoms with Crippen LogP contribution in [0.1, 0.15) is 22.3 Å². The van der Waals surface area contributed by atoms with Crippen molar-refractivity contribution in [1.29, 1.82) is 0 Å². The van der Waals surface area contributed by atoms with Crippen LogP contribution in [0.25, 0.3) is 77.9 Å². The van der Waals surface area contributed by atoms with Crippen molar-refractivity contribution in [2.45, 2.75) is 5.41 Å². The first-order valence-corrected chi connectivity index (χ1v) is 23.6. The molecule has 13 rings (SSSR count). The fourth-order valence-electron chi connectivity index (χ4n) is 11.4. The topological polar surface area (TPSA) is 3.24 Å². The summed E-state index contributed by atoms with van der Waals surface area (Å²) >= 11 is 0. The van der Waals surface area contributed by atoms with E-state index in [2.05, 4.69) is 278 Å². The maximum atomic E-state index is 2.51. The van der Waals surface area contributed by atoms with Gasteiger partial charge in [-0.05, 0) is 131 Å². The molecule has 0 saturated heterocycles. The van der Waals surface area contributed by atoms with Crippen LogP contribution in [0.4, 0.5) is 17.1 Å². The molecule has 318 valence electrons. The number of anilines is 3. The molecule has 2 aliphatic rings. The van der Waals surface area contributed by atoms with Crippen LogP contribution in [-0.2, 0) is 5.41 Å². The lowest BCUT2D eigenvalue weighted by molar-refractivity contribution is 0.793. The van der Waals surface area contributed by atoms with Crippen molar-refractivity contribution in [3.63, 3.8) is 0 Å². The van der Waals surface area contributed by atoms with Gasteiger partial charge in [0.2, 0.25) is 0 Å². The molecule has 68 heavy (non-hydrogen) atoms. The summed E-state index contributed by atoms with van der Waals surface area (Å²) in [5, 5.41) is 0. The van der Waals surface area contributed by atoms with E-state index in [1.165, 1.54) is 100 Å². The summed E-state index contributed by atoms with van der Waals surface area (Å²) in [7, 11) is 0. The molecule has 0 heterocycles. The molecule has 0 radical (unpaired) electrons. The Bertz CT molecular complexity index is 3600. The van der Waals surface area contributed by atoms with Crippen molar-refractivity contribution in [1.82, 2.24) is 0 Å². The zero-order valence-corrected chi connectivity index (χ0v) is 37.4. The lowest BCUT2D eigenvalue weighted by Gasteiger charge is -2.33. The molecule has 0 atom stereocenters. The Labute approximate surface area is 398 Å². The second kappa shape index (κ2) is 16.3. The second-order valence-electron chi connectivity index (χ2n) is 17.9. The number of hydrogen-bond acceptors (Lipinski definition) is 1. The van der Waals surface area contributed by atoms with E-state index in [1.54, 1.807) is 0 Å². The average Bonchev–Trinajstić information content (AvgIpc) is 3.89. The number of benzene rings is 11. The van der Waals surface area contributed by atoms with E-state index in [9.17, 15) is 0 Å². The van der Waals surface area contributed by atoms with E-state index in [0.717, 1.165) is 17.1 Å². The predicted octanol–water partition coefficient (Wildman–Crippen LogP) is 17.8. The Hall–Kier alpha value is -8.78. The zero-order chi connectivity index (χ0) is 45.0. The fraction of sp³-hybridized carbons (Fsp3) is 0.0149. The predicted molar refractivity (Wildman–Crippen MR) is 285 cm³/mol. The molecule has 1 spiro atoms. The molecule has 1 nitrogen and oxygen atoms in total. The number of nitrogens with zero attached hydrogens (tertiary/aromatic N) is 1. The van der Waals surface area contributed by atoms with Gasteiger partial charge in [0.05, 0.1) is 11.1 Å². The quantitative estimate of drug-likeness (QED) is 0.147. The van der Waals surface area contributed by atoms with Crippen molar-refractivity contribution >= 4 is 17.1 Å². The van der Waals surface area contributed by atoms with Crippen LogP contribution in [0, 0.1) is 0 Å². The number of rotatable bonds is 8. The van der Waals surface area contributed by atoms with Crippen LogP contribution in [-0.4, -0.2) is 0 Å². The SMILES string of the molecule is c1ccc(-c2cccc(-c3ccc(N(c4ccc5c(c4)C4(c6ccccc6-c6ccccc64)c4ccccc4-5)c4cccc(-c5ccccc5)c4-c4ccccc4-c4ccccc4)cc3)c2)cc1. The highest BCUT2D eigenvalue weighted by molar-refractivity contribution is 6.02. The van der Waals surface area contributed by atoms with Crippen LogP contribution in [0.3, 0.4) is 0 Å². The van der Waals surface area contributed by atoms with Crippen LogP contribution in [0.15, 0.2) is 273 Å². The monoisotopic (exact) mass is 863 g/mol. The molecule has 11 aromatic rings. The molecule has 11 aromatic carbocycles. The Balaban J connectivity index is 1.07. The van der Waals surface area contributed by atoms with Crippen LogP contribution in [0.2, 0.25) is 0 Å². The first kappa shape index (κ1) is 39.6. The molecule has 0 aromatic heterocycles. The average molecular weight is 864 g/mol. The highest BCUT2D eigenvalue weighted by Gasteiger charge is 2.51. The highest BCUT2D eigenvalue weighted by atomic mass is 15.1.